The van der Waals surface area contributed by atoms with Crippen molar-refractivity contribution >= 4 is 5.78 Å². The van der Waals surface area contributed by atoms with Crippen LogP contribution in [0.25, 0.3) is 11.1 Å². The molecule has 1 heterocycles. The number of carbonyl (C=O) groups is 1. The second kappa shape index (κ2) is 15.0. The Morgan fingerprint density at radius 3 is 1.96 bits per heavy atom. The van der Waals surface area contributed by atoms with Gasteiger partial charge in [-0.05, 0) is 134 Å². The normalized spacial score (nSPS) is 24.2. The van der Waals surface area contributed by atoms with E-state index in [1.807, 2.05) is 0 Å². The average Bonchev–Trinajstić information content (AvgIpc) is 3.90. The standard InChI is InChI=1S/C48H54O3/c1-33-30-39(27-29-50-33)47(49)16-8-3-10-35-17-23-41(24-18-35)48(45-14-6-4-12-43(45)44-13-5-7-15-46(44)48)42-25-19-36(20-26-42)11-9-28-51-34(2)37-21-22-38-32-40(38)31-37/h4-7,12-15,17-20,23-26,33,37-40H,2-3,8-11,16,21-22,27-32H2,1H3. The minimum absolute atomic E-state index is 0.186. The van der Waals surface area contributed by atoms with Gasteiger partial charge >= 0.3 is 0 Å². The summed E-state index contributed by atoms with van der Waals surface area (Å²) in [7, 11) is 0. The lowest BCUT2D eigenvalue weighted by atomic mass is 9.67. The van der Waals surface area contributed by atoms with Crippen molar-refractivity contribution in [3.05, 3.63) is 143 Å². The van der Waals surface area contributed by atoms with E-state index in [0.29, 0.717) is 18.1 Å². The number of benzene rings is 4. The molecule has 2 saturated carbocycles. The van der Waals surface area contributed by atoms with Crippen molar-refractivity contribution in [2.24, 2.45) is 23.7 Å². The largest absolute Gasteiger partial charge is 0.498 e. The van der Waals surface area contributed by atoms with Gasteiger partial charge in [0.15, 0.2) is 0 Å². The van der Waals surface area contributed by atoms with Gasteiger partial charge in [-0.25, -0.2) is 0 Å². The molecular weight excluding hydrogens is 625 g/mol. The van der Waals surface area contributed by atoms with Crippen LogP contribution in [-0.2, 0) is 32.5 Å². The van der Waals surface area contributed by atoms with Gasteiger partial charge in [0.1, 0.15) is 5.78 Å². The van der Waals surface area contributed by atoms with E-state index in [4.69, 9.17) is 9.47 Å². The molecular formula is C48H54O3. The number of hydrogen-bond acceptors (Lipinski definition) is 3. The lowest BCUT2D eigenvalue weighted by molar-refractivity contribution is -0.127. The van der Waals surface area contributed by atoms with Crippen LogP contribution in [0.5, 0.6) is 0 Å². The highest BCUT2D eigenvalue weighted by Crippen LogP contribution is 2.56. The molecule has 0 aromatic heterocycles. The molecule has 0 amide bonds. The SMILES string of the molecule is C=C(OCCCc1ccc(C2(c3ccc(CCCCC(=O)C4CCOC(C)C4)cc3)c3ccccc3-c3ccccc32)cc1)C1CCC2CC2C1. The number of Topliss-reactive ketones (excluding diaryl/α,β-unsaturated/α-hetero) is 1. The maximum Gasteiger partial charge on any atom is 0.136 e. The predicted molar refractivity (Wildman–Crippen MR) is 207 cm³/mol. The molecule has 0 spiro atoms. The molecule has 1 saturated heterocycles. The zero-order valence-electron chi connectivity index (χ0n) is 30.5. The Morgan fingerprint density at radius 1 is 0.706 bits per heavy atom. The molecule has 264 valence electrons. The maximum atomic E-state index is 12.8. The Labute approximate surface area is 305 Å². The van der Waals surface area contributed by atoms with E-state index in [1.54, 1.807) is 0 Å². The number of ketones is 1. The first kappa shape index (κ1) is 34.2. The van der Waals surface area contributed by atoms with E-state index >= 15 is 0 Å². The van der Waals surface area contributed by atoms with Gasteiger partial charge in [0.05, 0.1) is 23.9 Å². The third-order valence-corrected chi connectivity index (χ3v) is 12.7. The summed E-state index contributed by atoms with van der Waals surface area (Å²) in [5, 5.41) is 0. The molecule has 5 unspecified atom stereocenters. The first-order chi connectivity index (χ1) is 25.0. The van der Waals surface area contributed by atoms with E-state index in [9.17, 15) is 4.79 Å². The smallest absolute Gasteiger partial charge is 0.136 e. The van der Waals surface area contributed by atoms with E-state index in [2.05, 4.69) is 111 Å². The van der Waals surface area contributed by atoms with E-state index < -0.39 is 0 Å². The van der Waals surface area contributed by atoms with Crippen LogP contribution in [0.3, 0.4) is 0 Å². The van der Waals surface area contributed by atoms with Crippen LogP contribution in [-0.4, -0.2) is 25.1 Å². The van der Waals surface area contributed by atoms with Crippen LogP contribution < -0.4 is 0 Å². The minimum atomic E-state index is -0.390. The fourth-order valence-corrected chi connectivity index (χ4v) is 9.73. The van der Waals surface area contributed by atoms with Crippen molar-refractivity contribution in [2.45, 2.75) is 95.5 Å². The maximum absolute atomic E-state index is 12.8. The highest BCUT2D eigenvalue weighted by Gasteiger charge is 2.46. The summed E-state index contributed by atoms with van der Waals surface area (Å²) in [5.74, 6) is 4.16. The number of rotatable bonds is 14. The summed E-state index contributed by atoms with van der Waals surface area (Å²) in [6.45, 7) is 7.86. The quantitative estimate of drug-likeness (QED) is 0.0866. The van der Waals surface area contributed by atoms with Crippen LogP contribution in [0, 0.1) is 23.7 Å². The molecule has 4 aliphatic rings. The zero-order chi connectivity index (χ0) is 34.8. The number of carbonyl (C=O) groups excluding carboxylic acids is 1. The second-order valence-electron chi connectivity index (χ2n) is 16.0. The lowest BCUT2D eigenvalue weighted by Gasteiger charge is -2.34. The molecule has 51 heavy (non-hydrogen) atoms. The summed E-state index contributed by atoms with van der Waals surface area (Å²) in [5.41, 5.74) is 10.2. The molecule has 8 rings (SSSR count). The van der Waals surface area contributed by atoms with Gasteiger partial charge < -0.3 is 9.47 Å². The first-order valence-electron chi connectivity index (χ1n) is 19.8. The van der Waals surface area contributed by atoms with Crippen molar-refractivity contribution in [1.29, 1.82) is 0 Å². The second-order valence-corrected chi connectivity index (χ2v) is 16.0. The summed E-state index contributed by atoms with van der Waals surface area (Å²) in [6.07, 6.45) is 13.0. The fourth-order valence-electron chi connectivity index (χ4n) is 9.73. The molecule has 4 aromatic rings. The lowest BCUT2D eigenvalue weighted by Crippen LogP contribution is -2.28. The van der Waals surface area contributed by atoms with E-state index in [1.165, 1.54) is 70.2 Å². The van der Waals surface area contributed by atoms with Crippen molar-refractivity contribution in [3.63, 3.8) is 0 Å². The summed E-state index contributed by atoms with van der Waals surface area (Å²) in [4.78, 5) is 12.8. The monoisotopic (exact) mass is 678 g/mol. The highest BCUT2D eigenvalue weighted by atomic mass is 16.5. The fraction of sp³-hybridized carbons (Fsp3) is 0.438. The Morgan fingerprint density at radius 2 is 1.33 bits per heavy atom. The van der Waals surface area contributed by atoms with E-state index in [-0.39, 0.29) is 17.4 Å². The van der Waals surface area contributed by atoms with Crippen LogP contribution in [0.1, 0.15) is 105 Å². The highest BCUT2D eigenvalue weighted by molar-refractivity contribution is 5.86. The van der Waals surface area contributed by atoms with Crippen LogP contribution in [0.4, 0.5) is 0 Å². The van der Waals surface area contributed by atoms with Gasteiger partial charge in [0.2, 0.25) is 0 Å². The number of hydrogen-bond donors (Lipinski definition) is 0. The zero-order valence-corrected chi connectivity index (χ0v) is 30.5. The van der Waals surface area contributed by atoms with Crippen molar-refractivity contribution < 1.29 is 14.3 Å². The molecule has 3 nitrogen and oxygen atoms in total. The number of ether oxygens (including phenoxy) is 2. The number of fused-ring (bicyclic) bond motifs is 4. The third-order valence-electron chi connectivity index (χ3n) is 12.7. The molecule has 0 N–H and O–H groups in total. The van der Waals surface area contributed by atoms with Crippen LogP contribution >= 0.6 is 0 Å². The van der Waals surface area contributed by atoms with Gasteiger partial charge in [0.25, 0.3) is 0 Å². The molecule has 3 heteroatoms. The molecule has 4 aromatic carbocycles. The molecule has 0 bridgehead atoms. The van der Waals surface area contributed by atoms with Crippen LogP contribution in [0.15, 0.2) is 109 Å². The Bertz CT molecular complexity index is 1720. The Balaban J connectivity index is 0.967. The Hall–Kier alpha value is -3.95. The van der Waals surface area contributed by atoms with Crippen molar-refractivity contribution in [3.8, 4) is 11.1 Å². The van der Waals surface area contributed by atoms with Gasteiger partial charge in [-0.2, -0.15) is 0 Å². The first-order valence-corrected chi connectivity index (χ1v) is 19.8. The summed E-state index contributed by atoms with van der Waals surface area (Å²) >= 11 is 0. The molecule has 0 radical (unpaired) electrons. The predicted octanol–water partition coefficient (Wildman–Crippen LogP) is 11.0. The summed E-state index contributed by atoms with van der Waals surface area (Å²) in [6, 6.07) is 36.7. The summed E-state index contributed by atoms with van der Waals surface area (Å²) < 4.78 is 11.8. The minimum Gasteiger partial charge on any atom is -0.498 e. The van der Waals surface area contributed by atoms with Gasteiger partial charge in [-0.15, -0.1) is 0 Å². The number of allylic oxidation sites excluding steroid dienone is 1. The van der Waals surface area contributed by atoms with E-state index in [0.717, 1.165) is 75.8 Å². The third kappa shape index (κ3) is 6.99. The molecule has 5 atom stereocenters. The Kier molecular flexibility index (Phi) is 10.0. The van der Waals surface area contributed by atoms with Crippen LogP contribution in [0.2, 0.25) is 0 Å². The van der Waals surface area contributed by atoms with Gasteiger partial charge in [0, 0.05) is 24.9 Å². The molecule has 3 fully saturated rings. The van der Waals surface area contributed by atoms with Gasteiger partial charge in [-0.3, -0.25) is 4.79 Å². The molecule has 3 aliphatic carbocycles. The van der Waals surface area contributed by atoms with Crippen molar-refractivity contribution in [2.75, 3.05) is 13.2 Å². The molecule has 1 aliphatic heterocycles. The average molecular weight is 679 g/mol. The van der Waals surface area contributed by atoms with Crippen molar-refractivity contribution in [1.82, 2.24) is 0 Å². The number of unbranched alkanes of at least 4 members (excludes halogenated alkanes) is 1. The number of aryl methyl sites for hydroxylation is 2. The van der Waals surface area contributed by atoms with Gasteiger partial charge in [-0.1, -0.05) is 104 Å². The topological polar surface area (TPSA) is 35.5 Å².